The highest BCUT2D eigenvalue weighted by Crippen LogP contribution is 2.26. The van der Waals surface area contributed by atoms with Crippen LogP contribution in [0.4, 0.5) is 0 Å². The first kappa shape index (κ1) is 39.2. The molecule has 0 aliphatic heterocycles. The van der Waals surface area contributed by atoms with Crippen LogP contribution in [0.15, 0.2) is 12.1 Å². The zero-order valence-electron chi connectivity index (χ0n) is 29.5. The molecule has 0 N–H and O–H groups in total. The van der Waals surface area contributed by atoms with Gasteiger partial charge in [-0.1, -0.05) is 194 Å². The molecule has 0 bridgehead atoms. The summed E-state index contributed by atoms with van der Waals surface area (Å²) in [6.45, 7) is 11.2. The first-order chi connectivity index (χ1) is 20.8. The minimum Gasteiger partial charge on any atom is -0.0654 e. The first-order valence-corrected chi connectivity index (χ1v) is 19.7. The van der Waals surface area contributed by atoms with Gasteiger partial charge in [0.15, 0.2) is 0 Å². The van der Waals surface area contributed by atoms with Crippen LogP contribution in [0.5, 0.6) is 0 Å². The Morgan fingerprint density at radius 3 is 0.952 bits per heavy atom. The SMILES string of the molecule is [CH2]CCc1cc(CCCCCCCCCCC)c(CCCCCCCCCCC)c(CCCCCCCCCCC)c1. The highest BCUT2D eigenvalue weighted by Gasteiger charge is 2.12. The van der Waals surface area contributed by atoms with E-state index in [-0.39, 0.29) is 0 Å². The molecule has 42 heavy (non-hydrogen) atoms. The Labute approximate surface area is 267 Å². The largest absolute Gasteiger partial charge is 0.0654 e. The van der Waals surface area contributed by atoms with Crippen molar-refractivity contribution in [2.24, 2.45) is 0 Å². The maximum atomic E-state index is 4.21. The maximum absolute atomic E-state index is 4.21. The molecule has 0 aliphatic rings. The van der Waals surface area contributed by atoms with Crippen LogP contribution in [0.2, 0.25) is 0 Å². The van der Waals surface area contributed by atoms with E-state index in [0.29, 0.717) is 0 Å². The molecule has 1 aromatic carbocycles. The van der Waals surface area contributed by atoms with Crippen molar-refractivity contribution >= 4 is 0 Å². The lowest BCUT2D eigenvalue weighted by molar-refractivity contribution is 0.558. The lowest BCUT2D eigenvalue weighted by atomic mass is 9.87. The van der Waals surface area contributed by atoms with Crippen LogP contribution in [0.1, 0.15) is 223 Å². The van der Waals surface area contributed by atoms with E-state index >= 15 is 0 Å². The molecule has 245 valence electrons. The molecule has 1 rings (SSSR count). The van der Waals surface area contributed by atoms with Gasteiger partial charge >= 0.3 is 0 Å². The fraction of sp³-hybridized carbons (Fsp3) is 0.833. The third-order valence-corrected chi connectivity index (χ3v) is 9.59. The second-order valence-electron chi connectivity index (χ2n) is 13.7. The quantitative estimate of drug-likeness (QED) is 0.0742. The summed E-state index contributed by atoms with van der Waals surface area (Å²) in [6.07, 6.45) is 44.5. The average Bonchev–Trinajstić information content (AvgIpc) is 2.99. The molecule has 0 heteroatoms. The van der Waals surface area contributed by atoms with Crippen molar-refractivity contribution < 1.29 is 0 Å². The summed E-state index contributed by atoms with van der Waals surface area (Å²) >= 11 is 0. The molecular formula is C42H77. The smallest absolute Gasteiger partial charge is 0.0273 e. The molecule has 0 spiro atoms. The second kappa shape index (κ2) is 30.3. The zero-order chi connectivity index (χ0) is 30.4. The Bertz CT molecular complexity index is 642. The molecule has 0 amide bonds. The third-order valence-electron chi connectivity index (χ3n) is 9.59. The Hall–Kier alpha value is -0.780. The third kappa shape index (κ3) is 21.8. The summed E-state index contributed by atoms with van der Waals surface area (Å²) in [4.78, 5) is 0. The van der Waals surface area contributed by atoms with Crippen molar-refractivity contribution in [3.8, 4) is 0 Å². The molecule has 1 aromatic rings. The Balaban J connectivity index is 2.66. The van der Waals surface area contributed by atoms with Crippen LogP contribution in [-0.4, -0.2) is 0 Å². The van der Waals surface area contributed by atoms with Gasteiger partial charge in [0, 0.05) is 0 Å². The number of rotatable bonds is 32. The fourth-order valence-electron chi connectivity index (χ4n) is 6.85. The van der Waals surface area contributed by atoms with Crippen LogP contribution in [0.3, 0.4) is 0 Å². The summed E-state index contributed by atoms with van der Waals surface area (Å²) in [5.41, 5.74) is 6.77. The topological polar surface area (TPSA) is 0 Å². The molecule has 0 aromatic heterocycles. The summed E-state index contributed by atoms with van der Waals surface area (Å²) in [7, 11) is 0. The van der Waals surface area contributed by atoms with E-state index in [9.17, 15) is 0 Å². The molecule has 0 aliphatic carbocycles. The lowest BCUT2D eigenvalue weighted by Crippen LogP contribution is -2.04. The molecule has 0 saturated carbocycles. The van der Waals surface area contributed by atoms with E-state index in [0.717, 1.165) is 12.8 Å². The predicted octanol–water partition coefficient (Wildman–Crippen LogP) is 14.7. The van der Waals surface area contributed by atoms with Crippen LogP contribution in [0.25, 0.3) is 0 Å². The fourth-order valence-corrected chi connectivity index (χ4v) is 6.85. The summed E-state index contributed by atoms with van der Waals surface area (Å²) < 4.78 is 0. The predicted molar refractivity (Wildman–Crippen MR) is 193 cm³/mol. The Kier molecular flexibility index (Phi) is 28.3. The number of hydrogen-bond acceptors (Lipinski definition) is 0. The molecule has 0 unspecified atom stereocenters. The van der Waals surface area contributed by atoms with Crippen LogP contribution in [0, 0.1) is 6.92 Å². The molecule has 1 radical (unpaired) electrons. The van der Waals surface area contributed by atoms with Crippen molar-refractivity contribution in [2.75, 3.05) is 0 Å². The van der Waals surface area contributed by atoms with Crippen LogP contribution >= 0.6 is 0 Å². The normalized spacial score (nSPS) is 11.5. The zero-order valence-corrected chi connectivity index (χ0v) is 29.5. The average molecular weight is 582 g/mol. The van der Waals surface area contributed by atoms with Crippen molar-refractivity contribution in [2.45, 2.75) is 226 Å². The van der Waals surface area contributed by atoms with Crippen LogP contribution in [-0.2, 0) is 25.7 Å². The van der Waals surface area contributed by atoms with Gasteiger partial charge in [0.1, 0.15) is 0 Å². The Morgan fingerprint density at radius 1 is 0.357 bits per heavy atom. The standard InChI is InChI=1S/C42H77/c1-5-9-12-15-18-21-24-27-30-34-40-37-39(33-8-4)38-41(35-31-28-25-22-19-16-13-10-6-2)42(40)36-32-29-26-23-20-17-14-11-7-3/h37-38H,4-36H2,1-3H3. The summed E-state index contributed by atoms with van der Waals surface area (Å²) in [5, 5.41) is 0. The highest BCUT2D eigenvalue weighted by atomic mass is 14.2. The monoisotopic (exact) mass is 582 g/mol. The minimum absolute atomic E-state index is 1.02. The number of benzene rings is 1. The summed E-state index contributed by atoms with van der Waals surface area (Å²) in [5.74, 6) is 0. The molecule has 0 atom stereocenters. The van der Waals surface area contributed by atoms with Crippen molar-refractivity contribution in [1.82, 2.24) is 0 Å². The van der Waals surface area contributed by atoms with Gasteiger partial charge in [-0.15, -0.1) is 0 Å². The van der Waals surface area contributed by atoms with Crippen molar-refractivity contribution in [3.05, 3.63) is 41.3 Å². The van der Waals surface area contributed by atoms with Gasteiger partial charge in [-0.2, -0.15) is 0 Å². The van der Waals surface area contributed by atoms with Gasteiger partial charge in [0.05, 0.1) is 0 Å². The van der Waals surface area contributed by atoms with Crippen molar-refractivity contribution in [1.29, 1.82) is 0 Å². The van der Waals surface area contributed by atoms with Crippen molar-refractivity contribution in [3.63, 3.8) is 0 Å². The maximum Gasteiger partial charge on any atom is -0.0273 e. The summed E-state index contributed by atoms with van der Waals surface area (Å²) in [6, 6.07) is 5.22. The van der Waals surface area contributed by atoms with E-state index in [1.54, 1.807) is 22.3 Å². The minimum atomic E-state index is 1.02. The highest BCUT2D eigenvalue weighted by molar-refractivity contribution is 5.40. The van der Waals surface area contributed by atoms with E-state index in [1.165, 1.54) is 193 Å². The van der Waals surface area contributed by atoms with Gasteiger partial charge in [-0.25, -0.2) is 0 Å². The molecular weight excluding hydrogens is 504 g/mol. The van der Waals surface area contributed by atoms with Gasteiger partial charge in [0.25, 0.3) is 0 Å². The van der Waals surface area contributed by atoms with Gasteiger partial charge in [-0.05, 0) is 73.6 Å². The number of hydrogen-bond donors (Lipinski definition) is 0. The molecule has 0 nitrogen and oxygen atoms in total. The van der Waals surface area contributed by atoms with E-state index in [4.69, 9.17) is 0 Å². The number of aryl methyl sites for hydroxylation is 3. The molecule has 0 saturated heterocycles. The molecule has 0 heterocycles. The molecule has 0 fully saturated rings. The van der Waals surface area contributed by atoms with Gasteiger partial charge < -0.3 is 0 Å². The van der Waals surface area contributed by atoms with E-state index < -0.39 is 0 Å². The Morgan fingerprint density at radius 2 is 0.643 bits per heavy atom. The van der Waals surface area contributed by atoms with Gasteiger partial charge in [0.2, 0.25) is 0 Å². The second-order valence-corrected chi connectivity index (χ2v) is 13.7. The lowest BCUT2D eigenvalue weighted by Gasteiger charge is -2.18. The number of unbranched alkanes of at least 4 members (excludes halogenated alkanes) is 24. The first-order valence-electron chi connectivity index (χ1n) is 19.7. The van der Waals surface area contributed by atoms with E-state index in [1.807, 2.05) is 0 Å². The van der Waals surface area contributed by atoms with Crippen LogP contribution < -0.4 is 0 Å². The van der Waals surface area contributed by atoms with E-state index in [2.05, 4.69) is 39.8 Å². The van der Waals surface area contributed by atoms with Gasteiger partial charge in [-0.3, -0.25) is 0 Å².